The molecule has 138 valence electrons. The normalized spacial score (nSPS) is 16.0. The van der Waals surface area contributed by atoms with Gasteiger partial charge in [-0.3, -0.25) is 0 Å². The molecule has 0 spiro atoms. The number of benzene rings is 1. The van der Waals surface area contributed by atoms with Crippen LogP contribution in [0.2, 0.25) is 0 Å². The van der Waals surface area contributed by atoms with Gasteiger partial charge >= 0.3 is 0 Å². The van der Waals surface area contributed by atoms with E-state index < -0.39 is 11.6 Å². The maximum Gasteiger partial charge on any atom is 0.159 e. The third-order valence-corrected chi connectivity index (χ3v) is 4.81. The molecule has 0 aliphatic carbocycles. The largest absolute Gasteiger partial charge is 0.355 e. The number of hydrogen-bond acceptors (Lipinski definition) is 2. The average Bonchev–Trinajstić information content (AvgIpc) is 2.52. The summed E-state index contributed by atoms with van der Waals surface area (Å²) in [6.45, 7) is 15.7. The van der Waals surface area contributed by atoms with Gasteiger partial charge in [0.1, 0.15) is 5.82 Å². The predicted octanol–water partition coefficient (Wildman–Crippen LogP) is 5.49. The zero-order valence-corrected chi connectivity index (χ0v) is 17.7. The molecule has 0 saturated heterocycles. The van der Waals surface area contributed by atoms with Crippen molar-refractivity contribution in [3.63, 3.8) is 0 Å². The summed E-state index contributed by atoms with van der Waals surface area (Å²) in [5.74, 6) is -0.547. The van der Waals surface area contributed by atoms with Crippen LogP contribution < -0.4 is 0 Å². The Kier molecular flexibility index (Phi) is 6.51. The molecule has 0 bridgehead atoms. The van der Waals surface area contributed by atoms with E-state index in [-0.39, 0.29) is 3.42 Å². The topological polar surface area (TPSA) is 6.48 Å². The van der Waals surface area contributed by atoms with Crippen molar-refractivity contribution in [1.29, 1.82) is 0 Å². The SMILES string of the molecule is C=C1N(CC)CC(C)=C(CCc2ccc(F)c(F)c2)N1CC(C)(C)I. The van der Waals surface area contributed by atoms with Crippen molar-refractivity contribution in [2.45, 2.75) is 44.0 Å². The predicted molar refractivity (Wildman–Crippen MR) is 109 cm³/mol. The molecule has 0 fully saturated rings. The molecule has 0 atom stereocenters. The molecule has 0 unspecified atom stereocenters. The van der Waals surface area contributed by atoms with Crippen LogP contribution in [0, 0.1) is 11.6 Å². The molecular weight excluding hydrogens is 433 g/mol. The van der Waals surface area contributed by atoms with E-state index in [1.165, 1.54) is 23.4 Å². The van der Waals surface area contributed by atoms with Gasteiger partial charge in [-0.1, -0.05) is 35.2 Å². The van der Waals surface area contributed by atoms with E-state index in [9.17, 15) is 8.78 Å². The van der Waals surface area contributed by atoms with Gasteiger partial charge in [0.15, 0.2) is 11.6 Å². The quantitative estimate of drug-likeness (QED) is 0.409. The molecule has 1 aliphatic rings. The lowest BCUT2D eigenvalue weighted by Gasteiger charge is -2.44. The number of likely N-dealkylation sites (N-methyl/N-ethyl adjacent to an activating group) is 1. The van der Waals surface area contributed by atoms with Crippen LogP contribution in [0.1, 0.15) is 39.7 Å². The highest BCUT2D eigenvalue weighted by Crippen LogP contribution is 2.32. The molecule has 1 aliphatic heterocycles. The zero-order chi connectivity index (χ0) is 18.8. The summed E-state index contributed by atoms with van der Waals surface area (Å²) in [5.41, 5.74) is 3.39. The van der Waals surface area contributed by atoms with Gasteiger partial charge < -0.3 is 9.80 Å². The van der Waals surface area contributed by atoms with Crippen LogP contribution in [0.15, 0.2) is 41.9 Å². The first-order valence-corrected chi connectivity index (χ1v) is 9.73. The van der Waals surface area contributed by atoms with E-state index >= 15 is 0 Å². The van der Waals surface area contributed by atoms with E-state index in [0.29, 0.717) is 6.42 Å². The second-order valence-corrected chi connectivity index (χ2v) is 10.1. The molecule has 0 saturated carbocycles. The first-order chi connectivity index (χ1) is 11.6. The number of nitrogens with zero attached hydrogens (tertiary/aromatic N) is 2. The summed E-state index contributed by atoms with van der Waals surface area (Å²) in [6.07, 6.45) is 1.47. The molecular formula is C20H27F2IN2. The van der Waals surface area contributed by atoms with Gasteiger partial charge in [-0.05, 0) is 63.8 Å². The first kappa shape index (κ1) is 20.2. The Morgan fingerprint density at radius 2 is 1.88 bits per heavy atom. The average molecular weight is 460 g/mol. The van der Waals surface area contributed by atoms with Crippen molar-refractivity contribution < 1.29 is 8.78 Å². The van der Waals surface area contributed by atoms with Crippen molar-refractivity contribution in [2.24, 2.45) is 0 Å². The highest BCUT2D eigenvalue weighted by molar-refractivity contribution is 14.1. The minimum Gasteiger partial charge on any atom is -0.355 e. The minimum atomic E-state index is -0.794. The summed E-state index contributed by atoms with van der Waals surface area (Å²) >= 11 is 2.46. The molecule has 0 aromatic heterocycles. The fraction of sp³-hybridized carbons (Fsp3) is 0.500. The van der Waals surface area contributed by atoms with Crippen molar-refractivity contribution in [3.05, 3.63) is 59.1 Å². The molecule has 0 radical (unpaired) electrons. The molecule has 0 N–H and O–H groups in total. The van der Waals surface area contributed by atoms with Crippen LogP contribution in [0.5, 0.6) is 0 Å². The van der Waals surface area contributed by atoms with Gasteiger partial charge in [-0.15, -0.1) is 0 Å². The van der Waals surface area contributed by atoms with Gasteiger partial charge in [0.2, 0.25) is 0 Å². The Morgan fingerprint density at radius 1 is 1.20 bits per heavy atom. The third kappa shape index (κ3) is 5.19. The fourth-order valence-electron chi connectivity index (χ4n) is 3.19. The van der Waals surface area contributed by atoms with Crippen molar-refractivity contribution >= 4 is 22.6 Å². The molecule has 0 amide bonds. The van der Waals surface area contributed by atoms with Crippen LogP contribution >= 0.6 is 22.6 Å². The van der Waals surface area contributed by atoms with Gasteiger partial charge in [0, 0.05) is 28.8 Å². The van der Waals surface area contributed by atoms with E-state index in [1.807, 2.05) is 0 Å². The minimum absolute atomic E-state index is 0.102. The third-order valence-electron chi connectivity index (χ3n) is 4.47. The zero-order valence-electron chi connectivity index (χ0n) is 15.5. The number of hydrogen-bond donors (Lipinski definition) is 0. The molecule has 25 heavy (non-hydrogen) atoms. The molecule has 2 rings (SSSR count). The Morgan fingerprint density at radius 3 is 2.44 bits per heavy atom. The molecule has 2 nitrogen and oxygen atoms in total. The molecule has 5 heteroatoms. The maximum absolute atomic E-state index is 13.5. The summed E-state index contributed by atoms with van der Waals surface area (Å²) in [7, 11) is 0. The van der Waals surface area contributed by atoms with E-state index in [0.717, 1.165) is 37.4 Å². The number of allylic oxidation sites excluding steroid dienone is 1. The standard InChI is InChI=1S/C20H27F2IN2/c1-6-24-12-14(2)19(25(15(24)3)13-20(4,5)23)10-8-16-7-9-17(21)18(22)11-16/h7,9,11H,3,6,8,10,12-13H2,1-2,4-5H3. The van der Waals surface area contributed by atoms with E-state index in [1.54, 1.807) is 6.07 Å². The maximum atomic E-state index is 13.5. The summed E-state index contributed by atoms with van der Waals surface area (Å²) in [6, 6.07) is 4.17. The van der Waals surface area contributed by atoms with Gasteiger partial charge in [0.25, 0.3) is 0 Å². The van der Waals surface area contributed by atoms with Crippen LogP contribution in [-0.2, 0) is 6.42 Å². The van der Waals surface area contributed by atoms with Gasteiger partial charge in [-0.25, -0.2) is 8.78 Å². The van der Waals surface area contributed by atoms with Gasteiger partial charge in [0.05, 0.1) is 0 Å². The lowest BCUT2D eigenvalue weighted by atomic mass is 10.0. The summed E-state index contributed by atoms with van der Waals surface area (Å²) in [5, 5.41) is 0. The lowest BCUT2D eigenvalue weighted by Crippen LogP contribution is -2.44. The van der Waals surface area contributed by atoms with E-state index in [4.69, 9.17) is 0 Å². The van der Waals surface area contributed by atoms with Crippen LogP contribution in [-0.4, -0.2) is 32.9 Å². The number of aryl methyl sites for hydroxylation is 1. The smallest absolute Gasteiger partial charge is 0.159 e. The second-order valence-electron chi connectivity index (χ2n) is 7.21. The molecule has 1 aromatic rings. The monoisotopic (exact) mass is 460 g/mol. The second kappa shape index (κ2) is 8.06. The van der Waals surface area contributed by atoms with Crippen molar-refractivity contribution in [1.82, 2.24) is 9.80 Å². The lowest BCUT2D eigenvalue weighted by molar-refractivity contribution is 0.224. The van der Waals surface area contributed by atoms with Crippen LogP contribution in [0.3, 0.4) is 0 Å². The summed E-state index contributed by atoms with van der Waals surface area (Å²) in [4.78, 5) is 4.58. The summed E-state index contributed by atoms with van der Waals surface area (Å²) < 4.78 is 26.7. The Hall–Kier alpha value is -1.11. The van der Waals surface area contributed by atoms with Crippen molar-refractivity contribution in [3.8, 4) is 0 Å². The first-order valence-electron chi connectivity index (χ1n) is 8.65. The van der Waals surface area contributed by atoms with Crippen molar-refractivity contribution in [2.75, 3.05) is 19.6 Å². The number of rotatable bonds is 6. The Balaban J connectivity index is 2.23. The highest BCUT2D eigenvalue weighted by Gasteiger charge is 2.29. The molecule has 1 heterocycles. The number of alkyl halides is 1. The number of halogens is 3. The fourth-order valence-corrected chi connectivity index (χ4v) is 3.53. The Labute approximate surface area is 163 Å². The molecule has 1 aromatic carbocycles. The Bertz CT molecular complexity index is 677. The van der Waals surface area contributed by atoms with E-state index in [2.05, 4.69) is 66.7 Å². The van der Waals surface area contributed by atoms with Crippen LogP contribution in [0.25, 0.3) is 0 Å². The van der Waals surface area contributed by atoms with Gasteiger partial charge in [-0.2, -0.15) is 0 Å². The highest BCUT2D eigenvalue weighted by atomic mass is 127. The van der Waals surface area contributed by atoms with Crippen LogP contribution in [0.4, 0.5) is 8.78 Å².